The van der Waals surface area contributed by atoms with Crippen LogP contribution in [0.15, 0.2) is 47.8 Å². The van der Waals surface area contributed by atoms with E-state index in [0.29, 0.717) is 6.04 Å². The number of rotatable bonds is 3. The maximum absolute atomic E-state index is 12.4. The molecular formula is C19H21F3N2O. The Labute approximate surface area is 145 Å². The molecule has 25 heavy (non-hydrogen) atoms. The molecule has 0 aliphatic carbocycles. The van der Waals surface area contributed by atoms with Crippen molar-refractivity contribution < 1.29 is 17.9 Å². The highest BCUT2D eigenvalue weighted by Gasteiger charge is 2.33. The predicted octanol–water partition coefficient (Wildman–Crippen LogP) is 5.02. The number of fused-ring (bicyclic) bond motifs is 1. The maximum atomic E-state index is 12.4. The Hall–Kier alpha value is -2.21. The number of nitrogens with zero attached hydrogens (tertiary/aromatic N) is 2. The monoisotopic (exact) mass is 350 g/mol. The van der Waals surface area contributed by atoms with Crippen molar-refractivity contribution >= 4 is 5.57 Å². The Balaban J connectivity index is 1.93. The largest absolute Gasteiger partial charge is 0.573 e. The molecule has 2 heterocycles. The molecule has 0 N–H and O–H groups in total. The molecule has 0 spiro atoms. The highest BCUT2D eigenvalue weighted by molar-refractivity contribution is 5.79. The molecule has 3 rings (SSSR count). The summed E-state index contributed by atoms with van der Waals surface area (Å²) in [5.74, 6) is -0.196. The fourth-order valence-corrected chi connectivity index (χ4v) is 3.56. The standard InChI is InChI=1S/C19H21F3N2O/c1-5-17-13(3)18-11-14(8-9-24(18)23(17)4)16-7-6-15(10-12(16)2)25-19(20,21)22/h6-11,17H,5H2,1-4H3. The molecule has 3 nitrogen and oxygen atoms in total. The smallest absolute Gasteiger partial charge is 0.406 e. The number of alkyl halides is 3. The van der Waals surface area contributed by atoms with Gasteiger partial charge in [0.1, 0.15) is 5.75 Å². The van der Waals surface area contributed by atoms with Gasteiger partial charge in [-0.3, -0.25) is 5.01 Å². The first-order valence-electron chi connectivity index (χ1n) is 8.20. The Morgan fingerprint density at radius 3 is 2.52 bits per heavy atom. The number of benzene rings is 1. The number of allylic oxidation sites excluding steroid dienone is 3. The van der Waals surface area contributed by atoms with Gasteiger partial charge < -0.3 is 4.74 Å². The first-order chi connectivity index (χ1) is 11.7. The molecule has 0 amide bonds. The van der Waals surface area contributed by atoms with E-state index in [-0.39, 0.29) is 5.75 Å². The van der Waals surface area contributed by atoms with E-state index in [4.69, 9.17) is 0 Å². The van der Waals surface area contributed by atoms with Gasteiger partial charge in [0, 0.05) is 13.2 Å². The fraction of sp³-hybridized carbons (Fsp3) is 0.368. The number of aryl methyl sites for hydroxylation is 1. The Bertz CT molecular complexity index is 777. The van der Waals surface area contributed by atoms with Crippen LogP contribution in [-0.2, 0) is 0 Å². The SMILES string of the molecule is CCC1C(C)=C2C=C(c3ccc(OC(F)(F)F)cc3C)C=CN2N1C. The second-order valence-corrected chi connectivity index (χ2v) is 6.35. The molecule has 0 bridgehead atoms. The Morgan fingerprint density at radius 1 is 1.20 bits per heavy atom. The zero-order chi connectivity index (χ0) is 18.4. The molecule has 1 unspecified atom stereocenters. The average molecular weight is 350 g/mol. The third-order valence-electron chi connectivity index (χ3n) is 4.76. The van der Waals surface area contributed by atoms with E-state index in [0.717, 1.165) is 28.8 Å². The summed E-state index contributed by atoms with van der Waals surface area (Å²) < 4.78 is 41.1. The summed E-state index contributed by atoms with van der Waals surface area (Å²) in [7, 11) is 2.06. The molecule has 0 radical (unpaired) electrons. The van der Waals surface area contributed by atoms with Crippen molar-refractivity contribution in [1.82, 2.24) is 10.0 Å². The number of hydrogen-bond donors (Lipinski definition) is 0. The van der Waals surface area contributed by atoms with E-state index in [2.05, 4.69) is 41.7 Å². The molecule has 134 valence electrons. The van der Waals surface area contributed by atoms with E-state index in [9.17, 15) is 13.2 Å². The van der Waals surface area contributed by atoms with Gasteiger partial charge >= 0.3 is 6.36 Å². The van der Waals surface area contributed by atoms with Crippen LogP contribution in [0.25, 0.3) is 5.57 Å². The number of likely N-dealkylation sites (N-methyl/N-ethyl adjacent to an activating group) is 1. The van der Waals surface area contributed by atoms with Gasteiger partial charge in [0.25, 0.3) is 0 Å². The lowest BCUT2D eigenvalue weighted by Crippen LogP contribution is -2.36. The van der Waals surface area contributed by atoms with Crippen LogP contribution in [0.1, 0.15) is 31.4 Å². The van der Waals surface area contributed by atoms with E-state index in [1.54, 1.807) is 13.0 Å². The second kappa shape index (κ2) is 6.26. The minimum atomic E-state index is -4.68. The Morgan fingerprint density at radius 2 is 1.92 bits per heavy atom. The summed E-state index contributed by atoms with van der Waals surface area (Å²) in [6, 6.07) is 4.81. The minimum Gasteiger partial charge on any atom is -0.406 e. The van der Waals surface area contributed by atoms with E-state index in [1.165, 1.54) is 17.7 Å². The summed E-state index contributed by atoms with van der Waals surface area (Å²) >= 11 is 0. The molecule has 1 aromatic rings. The summed E-state index contributed by atoms with van der Waals surface area (Å²) in [6.07, 6.45) is 2.42. The first kappa shape index (κ1) is 17.6. The molecule has 6 heteroatoms. The third-order valence-corrected chi connectivity index (χ3v) is 4.76. The molecule has 0 fully saturated rings. The average Bonchev–Trinajstić information content (AvgIpc) is 2.76. The highest BCUT2D eigenvalue weighted by atomic mass is 19.4. The van der Waals surface area contributed by atoms with E-state index >= 15 is 0 Å². The molecule has 2 aliphatic heterocycles. The molecule has 0 saturated carbocycles. The quantitative estimate of drug-likeness (QED) is 0.761. The van der Waals surface area contributed by atoms with Gasteiger partial charge in [0.2, 0.25) is 0 Å². The zero-order valence-electron chi connectivity index (χ0n) is 14.7. The van der Waals surface area contributed by atoms with Crippen LogP contribution in [0, 0.1) is 6.92 Å². The van der Waals surface area contributed by atoms with Crippen LogP contribution in [-0.4, -0.2) is 29.5 Å². The summed E-state index contributed by atoms with van der Waals surface area (Å²) in [5.41, 5.74) is 5.03. The molecule has 0 aromatic heterocycles. The lowest BCUT2D eigenvalue weighted by atomic mass is 9.96. The lowest BCUT2D eigenvalue weighted by Gasteiger charge is -2.30. The fourth-order valence-electron chi connectivity index (χ4n) is 3.56. The van der Waals surface area contributed by atoms with Crippen molar-refractivity contribution in [2.45, 2.75) is 39.6 Å². The van der Waals surface area contributed by atoms with Crippen molar-refractivity contribution in [2.75, 3.05) is 7.05 Å². The van der Waals surface area contributed by atoms with Gasteiger partial charge in [0.05, 0.1) is 11.7 Å². The van der Waals surface area contributed by atoms with Crippen molar-refractivity contribution in [1.29, 1.82) is 0 Å². The zero-order valence-corrected chi connectivity index (χ0v) is 14.7. The second-order valence-electron chi connectivity index (χ2n) is 6.35. The van der Waals surface area contributed by atoms with Gasteiger partial charge in [-0.15, -0.1) is 13.2 Å². The number of halogens is 3. The predicted molar refractivity (Wildman–Crippen MR) is 91.4 cm³/mol. The van der Waals surface area contributed by atoms with Gasteiger partial charge in [-0.2, -0.15) is 0 Å². The number of ether oxygens (including phenoxy) is 1. The van der Waals surface area contributed by atoms with Crippen molar-refractivity contribution in [3.8, 4) is 5.75 Å². The first-order valence-corrected chi connectivity index (χ1v) is 8.20. The van der Waals surface area contributed by atoms with Gasteiger partial charge in [0.15, 0.2) is 0 Å². The summed E-state index contributed by atoms with van der Waals surface area (Å²) in [5, 5.41) is 4.31. The van der Waals surface area contributed by atoms with Crippen LogP contribution in [0.3, 0.4) is 0 Å². The molecule has 1 atom stereocenters. The van der Waals surface area contributed by atoms with Crippen LogP contribution < -0.4 is 4.74 Å². The Kier molecular flexibility index (Phi) is 4.41. The van der Waals surface area contributed by atoms with Crippen molar-refractivity contribution in [3.05, 3.63) is 58.9 Å². The number of hydrogen-bond acceptors (Lipinski definition) is 3. The van der Waals surface area contributed by atoms with Crippen LogP contribution in [0.5, 0.6) is 5.75 Å². The molecule has 0 saturated heterocycles. The van der Waals surface area contributed by atoms with E-state index in [1.807, 2.05) is 12.3 Å². The van der Waals surface area contributed by atoms with Gasteiger partial charge in [-0.25, -0.2) is 5.01 Å². The number of hydrazine groups is 1. The van der Waals surface area contributed by atoms with Crippen LogP contribution in [0.2, 0.25) is 0 Å². The summed E-state index contributed by atoms with van der Waals surface area (Å²) in [4.78, 5) is 0. The molecule has 1 aromatic carbocycles. The van der Waals surface area contributed by atoms with Crippen molar-refractivity contribution in [2.24, 2.45) is 0 Å². The summed E-state index contributed by atoms with van der Waals surface area (Å²) in [6.45, 7) is 6.07. The minimum absolute atomic E-state index is 0.196. The maximum Gasteiger partial charge on any atom is 0.573 e. The molecular weight excluding hydrogens is 329 g/mol. The molecule has 2 aliphatic rings. The van der Waals surface area contributed by atoms with Crippen LogP contribution in [0.4, 0.5) is 13.2 Å². The third kappa shape index (κ3) is 3.31. The highest BCUT2D eigenvalue weighted by Crippen LogP contribution is 2.37. The topological polar surface area (TPSA) is 15.7 Å². The van der Waals surface area contributed by atoms with E-state index < -0.39 is 6.36 Å². The van der Waals surface area contributed by atoms with Gasteiger partial charge in [-0.05, 0) is 66.8 Å². The van der Waals surface area contributed by atoms with Gasteiger partial charge in [-0.1, -0.05) is 13.0 Å². The van der Waals surface area contributed by atoms with Crippen molar-refractivity contribution in [3.63, 3.8) is 0 Å². The lowest BCUT2D eigenvalue weighted by molar-refractivity contribution is -0.274. The normalized spacial score (nSPS) is 20.8. The van der Waals surface area contributed by atoms with Crippen LogP contribution >= 0.6 is 0 Å².